The van der Waals surface area contributed by atoms with Crippen molar-refractivity contribution < 1.29 is 13.3 Å². The third-order valence-electron chi connectivity index (χ3n) is 2.98. The Hall–Kier alpha value is -1.20. The van der Waals surface area contributed by atoms with Crippen LogP contribution in [0.3, 0.4) is 0 Å². The van der Waals surface area contributed by atoms with Crippen LogP contribution >= 0.6 is 0 Å². The number of hydrogen-bond donors (Lipinski definition) is 0. The Morgan fingerprint density at radius 2 is 2.12 bits per heavy atom. The number of anilines is 1. The van der Waals surface area contributed by atoms with Gasteiger partial charge in [0.15, 0.2) is 5.82 Å². The normalized spacial score (nSPS) is 19.4. The quantitative estimate of drug-likeness (QED) is 0.817. The maximum Gasteiger partial charge on any atom is 0.323 e. The third kappa shape index (κ3) is 2.73. The SMILES string of the molecule is CC(C)c1noc(N(C)CC2CC(F)(F)C2)n1. The van der Waals surface area contributed by atoms with Crippen LogP contribution in [-0.4, -0.2) is 29.7 Å². The molecule has 1 aliphatic carbocycles. The average Bonchev–Trinajstić information content (AvgIpc) is 2.63. The van der Waals surface area contributed by atoms with Gasteiger partial charge in [-0.1, -0.05) is 19.0 Å². The molecular formula is C11H17F2N3O. The minimum Gasteiger partial charge on any atom is -0.327 e. The van der Waals surface area contributed by atoms with Crippen molar-refractivity contribution in [3.05, 3.63) is 5.82 Å². The zero-order valence-electron chi connectivity index (χ0n) is 10.3. The van der Waals surface area contributed by atoms with Crippen molar-refractivity contribution in [2.75, 3.05) is 18.5 Å². The van der Waals surface area contributed by atoms with E-state index in [2.05, 4.69) is 10.1 Å². The first-order valence-corrected chi connectivity index (χ1v) is 5.80. The highest BCUT2D eigenvalue weighted by Crippen LogP contribution is 2.42. The molecule has 1 aromatic heterocycles. The summed E-state index contributed by atoms with van der Waals surface area (Å²) in [6, 6.07) is 0.406. The van der Waals surface area contributed by atoms with Crippen molar-refractivity contribution in [1.29, 1.82) is 0 Å². The van der Waals surface area contributed by atoms with Gasteiger partial charge < -0.3 is 9.42 Å². The number of halogens is 2. The molecule has 6 heteroatoms. The molecule has 0 saturated heterocycles. The Morgan fingerprint density at radius 1 is 1.47 bits per heavy atom. The van der Waals surface area contributed by atoms with E-state index in [-0.39, 0.29) is 24.7 Å². The van der Waals surface area contributed by atoms with Gasteiger partial charge in [-0.25, -0.2) is 8.78 Å². The lowest BCUT2D eigenvalue weighted by atomic mass is 9.81. The topological polar surface area (TPSA) is 42.2 Å². The average molecular weight is 245 g/mol. The van der Waals surface area contributed by atoms with Crippen molar-refractivity contribution in [3.63, 3.8) is 0 Å². The van der Waals surface area contributed by atoms with Crippen LogP contribution in [0.15, 0.2) is 4.52 Å². The molecule has 0 unspecified atom stereocenters. The molecule has 1 heterocycles. The Bertz CT molecular complexity index is 384. The Kier molecular flexibility index (Phi) is 3.05. The van der Waals surface area contributed by atoms with E-state index in [0.717, 1.165) is 0 Å². The van der Waals surface area contributed by atoms with E-state index in [1.807, 2.05) is 13.8 Å². The summed E-state index contributed by atoms with van der Waals surface area (Å²) in [5.41, 5.74) is 0. The fourth-order valence-corrected chi connectivity index (χ4v) is 2.00. The first kappa shape index (κ1) is 12.3. The number of alkyl halides is 2. The van der Waals surface area contributed by atoms with Crippen LogP contribution < -0.4 is 4.90 Å². The molecule has 1 aromatic rings. The minimum atomic E-state index is -2.47. The van der Waals surface area contributed by atoms with E-state index < -0.39 is 5.92 Å². The van der Waals surface area contributed by atoms with Crippen LogP contribution in [0.4, 0.5) is 14.8 Å². The fraction of sp³-hybridized carbons (Fsp3) is 0.818. The van der Waals surface area contributed by atoms with Crippen molar-refractivity contribution >= 4 is 6.01 Å². The van der Waals surface area contributed by atoms with Crippen molar-refractivity contribution in [2.24, 2.45) is 5.92 Å². The van der Waals surface area contributed by atoms with E-state index in [1.165, 1.54) is 0 Å². The van der Waals surface area contributed by atoms with Gasteiger partial charge >= 0.3 is 6.01 Å². The van der Waals surface area contributed by atoms with Gasteiger partial charge in [0.05, 0.1) is 0 Å². The van der Waals surface area contributed by atoms with Gasteiger partial charge in [-0.2, -0.15) is 4.98 Å². The van der Waals surface area contributed by atoms with E-state index in [9.17, 15) is 8.78 Å². The molecule has 0 spiro atoms. The number of rotatable bonds is 4. The second kappa shape index (κ2) is 4.23. The molecule has 0 amide bonds. The molecule has 1 aliphatic rings. The summed E-state index contributed by atoms with van der Waals surface area (Å²) in [4.78, 5) is 5.97. The lowest BCUT2D eigenvalue weighted by molar-refractivity contribution is -0.107. The number of nitrogens with zero attached hydrogens (tertiary/aromatic N) is 3. The van der Waals surface area contributed by atoms with Crippen LogP contribution in [0.5, 0.6) is 0 Å². The molecule has 1 saturated carbocycles. The fourth-order valence-electron chi connectivity index (χ4n) is 2.00. The summed E-state index contributed by atoms with van der Waals surface area (Å²) in [5, 5.41) is 3.84. The molecule has 0 atom stereocenters. The van der Waals surface area contributed by atoms with Gasteiger partial charge in [0.2, 0.25) is 5.92 Å². The Labute approximate surface area is 99.0 Å². The second-order valence-corrected chi connectivity index (χ2v) is 5.10. The van der Waals surface area contributed by atoms with E-state index >= 15 is 0 Å². The van der Waals surface area contributed by atoms with Gasteiger partial charge in [0, 0.05) is 32.4 Å². The molecule has 1 fully saturated rings. The maximum absolute atomic E-state index is 12.7. The summed E-state index contributed by atoms with van der Waals surface area (Å²) < 4.78 is 30.4. The van der Waals surface area contributed by atoms with Gasteiger partial charge in [-0.3, -0.25) is 0 Å². The highest BCUT2D eigenvalue weighted by molar-refractivity contribution is 5.24. The first-order chi connectivity index (χ1) is 7.87. The summed E-state index contributed by atoms with van der Waals surface area (Å²) in [6.45, 7) is 4.48. The number of aromatic nitrogens is 2. The standard InChI is InChI=1S/C11H17F2N3O/c1-7(2)9-14-10(17-15-9)16(3)6-8-4-11(12,13)5-8/h7-8H,4-6H2,1-3H3. The predicted octanol–water partition coefficient (Wildman–Crippen LogP) is 2.67. The monoisotopic (exact) mass is 245 g/mol. The highest BCUT2D eigenvalue weighted by Gasteiger charge is 2.45. The zero-order valence-corrected chi connectivity index (χ0v) is 10.3. The van der Waals surface area contributed by atoms with Gasteiger partial charge in [-0.15, -0.1) is 0 Å². The smallest absolute Gasteiger partial charge is 0.323 e. The van der Waals surface area contributed by atoms with Gasteiger partial charge in [0.25, 0.3) is 0 Å². The summed E-state index contributed by atoms with van der Waals surface area (Å²) in [6.07, 6.45) is -0.0783. The van der Waals surface area contributed by atoms with Crippen LogP contribution in [0, 0.1) is 5.92 Å². The van der Waals surface area contributed by atoms with Crippen molar-refractivity contribution in [3.8, 4) is 0 Å². The Balaban J connectivity index is 1.89. The van der Waals surface area contributed by atoms with Crippen LogP contribution in [0.25, 0.3) is 0 Å². The van der Waals surface area contributed by atoms with Crippen LogP contribution in [-0.2, 0) is 0 Å². The molecule has 2 rings (SSSR count). The Morgan fingerprint density at radius 3 is 2.59 bits per heavy atom. The molecule has 4 nitrogen and oxygen atoms in total. The lowest BCUT2D eigenvalue weighted by Crippen LogP contribution is -2.41. The summed E-state index contributed by atoms with van der Waals surface area (Å²) >= 11 is 0. The largest absolute Gasteiger partial charge is 0.327 e. The maximum atomic E-state index is 12.7. The molecule has 17 heavy (non-hydrogen) atoms. The van der Waals surface area contributed by atoms with Gasteiger partial charge in [-0.05, 0) is 5.92 Å². The predicted molar refractivity (Wildman–Crippen MR) is 59.3 cm³/mol. The molecule has 0 N–H and O–H groups in total. The lowest BCUT2D eigenvalue weighted by Gasteiger charge is -2.36. The number of hydrogen-bond acceptors (Lipinski definition) is 4. The van der Waals surface area contributed by atoms with Gasteiger partial charge in [0.1, 0.15) is 0 Å². The molecule has 96 valence electrons. The van der Waals surface area contributed by atoms with Crippen molar-refractivity contribution in [2.45, 2.75) is 38.5 Å². The van der Waals surface area contributed by atoms with E-state index in [0.29, 0.717) is 18.4 Å². The molecular weight excluding hydrogens is 228 g/mol. The van der Waals surface area contributed by atoms with Crippen LogP contribution in [0.2, 0.25) is 0 Å². The van der Waals surface area contributed by atoms with Crippen LogP contribution in [0.1, 0.15) is 38.4 Å². The zero-order chi connectivity index (χ0) is 12.6. The minimum absolute atomic E-state index is 0.0180. The second-order valence-electron chi connectivity index (χ2n) is 5.10. The van der Waals surface area contributed by atoms with E-state index in [1.54, 1.807) is 11.9 Å². The van der Waals surface area contributed by atoms with E-state index in [4.69, 9.17) is 4.52 Å². The molecule has 0 aliphatic heterocycles. The first-order valence-electron chi connectivity index (χ1n) is 5.80. The van der Waals surface area contributed by atoms with Crippen molar-refractivity contribution in [1.82, 2.24) is 10.1 Å². The third-order valence-corrected chi connectivity index (χ3v) is 2.98. The summed E-state index contributed by atoms with van der Waals surface area (Å²) in [5.74, 6) is -1.60. The summed E-state index contributed by atoms with van der Waals surface area (Å²) in [7, 11) is 1.79. The highest BCUT2D eigenvalue weighted by atomic mass is 19.3. The molecule has 0 radical (unpaired) electrons. The molecule has 0 bridgehead atoms. The molecule has 0 aromatic carbocycles.